The third-order valence-corrected chi connectivity index (χ3v) is 4.40. The van der Waals surface area contributed by atoms with E-state index in [1.165, 1.54) is 0 Å². The number of benzene rings is 1. The summed E-state index contributed by atoms with van der Waals surface area (Å²) in [5.41, 5.74) is 1.80. The van der Waals surface area contributed by atoms with Crippen molar-refractivity contribution in [3.8, 4) is 0 Å². The summed E-state index contributed by atoms with van der Waals surface area (Å²) in [5, 5.41) is 5.32. The van der Waals surface area contributed by atoms with Crippen LogP contribution in [0.25, 0.3) is 0 Å². The molecule has 1 aromatic carbocycles. The van der Waals surface area contributed by atoms with Crippen molar-refractivity contribution in [1.29, 1.82) is 0 Å². The van der Waals surface area contributed by atoms with E-state index in [1.807, 2.05) is 45.0 Å². The van der Waals surface area contributed by atoms with Gasteiger partial charge in [-0.3, -0.25) is 14.4 Å². The molecule has 1 saturated carbocycles. The molecule has 2 rings (SSSR count). The second-order valence-electron chi connectivity index (χ2n) is 6.70. The largest absolute Gasteiger partial charge is 0.345 e. The van der Waals surface area contributed by atoms with E-state index in [4.69, 9.17) is 0 Å². The first-order valence-corrected chi connectivity index (χ1v) is 8.84. The molecular formula is C19H27N3O3. The Morgan fingerprint density at radius 1 is 1.16 bits per heavy atom. The number of carbonyl (C=O) groups excluding carboxylic acids is 3. The van der Waals surface area contributed by atoms with Gasteiger partial charge in [-0.25, -0.2) is 0 Å². The van der Waals surface area contributed by atoms with Crippen molar-refractivity contribution < 1.29 is 14.4 Å². The van der Waals surface area contributed by atoms with Crippen molar-refractivity contribution in [2.45, 2.75) is 46.1 Å². The number of hydrogen-bond acceptors (Lipinski definition) is 3. The smallest absolute Gasteiger partial charge is 0.243 e. The average Bonchev–Trinajstić information content (AvgIpc) is 3.43. The van der Waals surface area contributed by atoms with Gasteiger partial charge in [-0.2, -0.15) is 0 Å². The Balaban J connectivity index is 1.79. The van der Waals surface area contributed by atoms with Crippen molar-refractivity contribution in [2.75, 3.05) is 18.4 Å². The molecule has 0 saturated heterocycles. The van der Waals surface area contributed by atoms with Gasteiger partial charge in [0.1, 0.15) is 0 Å². The van der Waals surface area contributed by atoms with Gasteiger partial charge in [0.05, 0.1) is 13.1 Å². The van der Waals surface area contributed by atoms with E-state index >= 15 is 0 Å². The maximum atomic E-state index is 12.4. The summed E-state index contributed by atoms with van der Waals surface area (Å²) in [6.45, 7) is 5.72. The summed E-state index contributed by atoms with van der Waals surface area (Å²) >= 11 is 0. The van der Waals surface area contributed by atoms with Crippen LogP contribution in [0.3, 0.4) is 0 Å². The SMILES string of the molecule is CCC(C)C(=O)N(CC(=O)NCC(=O)Nc1ccc(C)cc1)C1CC1. The summed E-state index contributed by atoms with van der Waals surface area (Å²) in [4.78, 5) is 38.1. The molecule has 1 unspecified atom stereocenters. The highest BCUT2D eigenvalue weighted by atomic mass is 16.2. The molecule has 25 heavy (non-hydrogen) atoms. The monoisotopic (exact) mass is 345 g/mol. The van der Waals surface area contributed by atoms with E-state index in [1.54, 1.807) is 4.90 Å². The van der Waals surface area contributed by atoms with Gasteiger partial charge < -0.3 is 15.5 Å². The molecule has 6 nitrogen and oxygen atoms in total. The number of carbonyl (C=O) groups is 3. The highest BCUT2D eigenvalue weighted by Crippen LogP contribution is 2.28. The first-order valence-electron chi connectivity index (χ1n) is 8.84. The Morgan fingerprint density at radius 3 is 2.36 bits per heavy atom. The van der Waals surface area contributed by atoms with Crippen LogP contribution in [0.15, 0.2) is 24.3 Å². The minimum atomic E-state index is -0.303. The fourth-order valence-corrected chi connectivity index (χ4v) is 2.46. The first kappa shape index (κ1) is 19.0. The lowest BCUT2D eigenvalue weighted by Crippen LogP contribution is -2.45. The fourth-order valence-electron chi connectivity index (χ4n) is 2.46. The number of aryl methyl sites for hydroxylation is 1. The standard InChI is InChI=1S/C19H27N3O3/c1-4-14(3)19(25)22(16-9-10-16)12-18(24)20-11-17(23)21-15-7-5-13(2)6-8-15/h5-8,14,16H,4,9-12H2,1-3H3,(H,20,24)(H,21,23). The molecule has 1 aliphatic rings. The molecule has 1 atom stereocenters. The van der Waals surface area contributed by atoms with Crippen LogP contribution in [0, 0.1) is 12.8 Å². The van der Waals surface area contributed by atoms with Crippen molar-refractivity contribution in [2.24, 2.45) is 5.92 Å². The van der Waals surface area contributed by atoms with Crippen LogP contribution in [0.5, 0.6) is 0 Å². The maximum absolute atomic E-state index is 12.4. The lowest BCUT2D eigenvalue weighted by Gasteiger charge is -2.24. The third kappa shape index (κ3) is 5.89. The van der Waals surface area contributed by atoms with Crippen molar-refractivity contribution in [3.63, 3.8) is 0 Å². The Kier molecular flexibility index (Phi) is 6.56. The summed E-state index contributed by atoms with van der Waals surface area (Å²) in [7, 11) is 0. The van der Waals surface area contributed by atoms with Crippen LogP contribution >= 0.6 is 0 Å². The summed E-state index contributed by atoms with van der Waals surface area (Å²) in [6.07, 6.45) is 2.65. The molecular weight excluding hydrogens is 318 g/mol. The molecule has 0 aliphatic heterocycles. The summed E-state index contributed by atoms with van der Waals surface area (Å²) < 4.78 is 0. The quantitative estimate of drug-likeness (QED) is 0.757. The molecule has 1 fully saturated rings. The molecule has 0 heterocycles. The minimum Gasteiger partial charge on any atom is -0.345 e. The molecule has 1 aromatic rings. The number of rotatable bonds is 8. The first-order chi connectivity index (χ1) is 11.9. The van der Waals surface area contributed by atoms with Gasteiger partial charge >= 0.3 is 0 Å². The zero-order chi connectivity index (χ0) is 18.4. The molecule has 6 heteroatoms. The normalized spacial score (nSPS) is 14.5. The average molecular weight is 345 g/mol. The number of nitrogens with one attached hydrogen (secondary N) is 2. The van der Waals surface area contributed by atoms with Gasteiger partial charge in [0.25, 0.3) is 0 Å². The molecule has 0 radical (unpaired) electrons. The van der Waals surface area contributed by atoms with Gasteiger partial charge in [-0.05, 0) is 38.3 Å². The van der Waals surface area contributed by atoms with Crippen molar-refractivity contribution in [3.05, 3.63) is 29.8 Å². The van der Waals surface area contributed by atoms with Crippen LogP contribution in [-0.4, -0.2) is 41.8 Å². The highest BCUT2D eigenvalue weighted by molar-refractivity contribution is 5.95. The van der Waals surface area contributed by atoms with E-state index in [0.29, 0.717) is 5.69 Å². The fraction of sp³-hybridized carbons (Fsp3) is 0.526. The van der Waals surface area contributed by atoms with E-state index < -0.39 is 0 Å². The second-order valence-corrected chi connectivity index (χ2v) is 6.70. The molecule has 136 valence electrons. The van der Waals surface area contributed by atoms with E-state index in [9.17, 15) is 14.4 Å². The number of hydrogen-bond donors (Lipinski definition) is 2. The zero-order valence-electron chi connectivity index (χ0n) is 15.2. The third-order valence-electron chi connectivity index (χ3n) is 4.40. The molecule has 0 spiro atoms. The number of nitrogens with zero attached hydrogens (tertiary/aromatic N) is 1. The minimum absolute atomic E-state index is 0.0178. The second kappa shape index (κ2) is 8.65. The van der Waals surface area contributed by atoms with Gasteiger partial charge in [-0.1, -0.05) is 31.5 Å². The van der Waals surface area contributed by atoms with E-state index in [2.05, 4.69) is 10.6 Å². The molecule has 0 aromatic heterocycles. The predicted molar refractivity (Wildman–Crippen MR) is 97.0 cm³/mol. The van der Waals surface area contributed by atoms with Gasteiger partial charge in [-0.15, -0.1) is 0 Å². The van der Waals surface area contributed by atoms with Gasteiger partial charge in [0.2, 0.25) is 17.7 Å². The molecule has 1 aliphatic carbocycles. The highest BCUT2D eigenvalue weighted by Gasteiger charge is 2.35. The lowest BCUT2D eigenvalue weighted by molar-refractivity contribution is -0.139. The van der Waals surface area contributed by atoms with Crippen molar-refractivity contribution in [1.82, 2.24) is 10.2 Å². The van der Waals surface area contributed by atoms with Gasteiger partial charge in [0.15, 0.2) is 0 Å². The van der Waals surface area contributed by atoms with Crippen LogP contribution in [0.2, 0.25) is 0 Å². The number of anilines is 1. The Morgan fingerprint density at radius 2 is 1.80 bits per heavy atom. The lowest BCUT2D eigenvalue weighted by atomic mass is 10.1. The number of amides is 3. The van der Waals surface area contributed by atoms with Crippen LogP contribution in [0.1, 0.15) is 38.7 Å². The van der Waals surface area contributed by atoms with Crippen LogP contribution in [0.4, 0.5) is 5.69 Å². The summed E-state index contributed by atoms with van der Waals surface area (Å²) in [5.74, 6) is -0.659. The van der Waals surface area contributed by atoms with Crippen LogP contribution < -0.4 is 10.6 Å². The van der Waals surface area contributed by atoms with Crippen LogP contribution in [-0.2, 0) is 14.4 Å². The Hall–Kier alpha value is -2.37. The summed E-state index contributed by atoms with van der Waals surface area (Å²) in [6, 6.07) is 7.61. The molecule has 3 amide bonds. The molecule has 0 bridgehead atoms. The van der Waals surface area contributed by atoms with E-state index in [-0.39, 0.29) is 42.8 Å². The Bertz CT molecular complexity index is 623. The zero-order valence-corrected chi connectivity index (χ0v) is 15.2. The van der Waals surface area contributed by atoms with Crippen molar-refractivity contribution >= 4 is 23.4 Å². The predicted octanol–water partition coefficient (Wildman–Crippen LogP) is 2.09. The molecule has 2 N–H and O–H groups in total. The Labute approximate surface area is 149 Å². The topological polar surface area (TPSA) is 78.5 Å². The van der Waals surface area contributed by atoms with Gasteiger partial charge in [0, 0.05) is 17.6 Å². The van der Waals surface area contributed by atoms with E-state index in [0.717, 1.165) is 24.8 Å². The maximum Gasteiger partial charge on any atom is 0.243 e.